The van der Waals surface area contributed by atoms with Crippen molar-refractivity contribution in [2.24, 2.45) is 0 Å². The molecule has 1 aromatic rings. The van der Waals surface area contributed by atoms with E-state index >= 15 is 0 Å². The van der Waals surface area contributed by atoms with E-state index in [1.165, 1.54) is 0 Å². The third-order valence-corrected chi connectivity index (χ3v) is 2.50. The lowest BCUT2D eigenvalue weighted by atomic mass is 10.00. The smallest absolute Gasteiger partial charge is 0.166 e. The average molecular weight is 222 g/mol. The lowest BCUT2D eigenvalue weighted by Gasteiger charge is -2.08. The first-order chi connectivity index (χ1) is 7.56. The predicted octanol–water partition coefficient (Wildman–Crippen LogP) is 2.62. The maximum absolute atomic E-state index is 11.8. The molecular formula is C13H18O3. The van der Waals surface area contributed by atoms with E-state index < -0.39 is 0 Å². The van der Waals surface area contributed by atoms with Crippen molar-refractivity contribution < 1.29 is 14.6 Å². The summed E-state index contributed by atoms with van der Waals surface area (Å²) < 4.78 is 4.89. The number of Topliss-reactive ketones (excluding diaryl/α,β-unsaturated/α-hetero) is 1. The van der Waals surface area contributed by atoms with Gasteiger partial charge in [-0.2, -0.15) is 0 Å². The van der Waals surface area contributed by atoms with Gasteiger partial charge in [-0.1, -0.05) is 6.07 Å². The number of ketones is 1. The molecule has 0 aliphatic rings. The Kier molecular flexibility index (Phi) is 4.50. The molecule has 0 bridgehead atoms. The van der Waals surface area contributed by atoms with E-state index in [4.69, 9.17) is 4.74 Å². The van der Waals surface area contributed by atoms with Gasteiger partial charge in [0.05, 0.1) is 5.56 Å². The molecule has 1 aromatic carbocycles. The summed E-state index contributed by atoms with van der Waals surface area (Å²) in [4.78, 5) is 11.8. The van der Waals surface area contributed by atoms with E-state index in [-0.39, 0.29) is 11.5 Å². The van der Waals surface area contributed by atoms with Crippen LogP contribution in [0.4, 0.5) is 0 Å². The van der Waals surface area contributed by atoms with E-state index in [9.17, 15) is 9.90 Å². The second-order valence-electron chi connectivity index (χ2n) is 4.00. The van der Waals surface area contributed by atoms with Gasteiger partial charge in [0.2, 0.25) is 0 Å². The van der Waals surface area contributed by atoms with Crippen LogP contribution in [0.1, 0.15) is 34.3 Å². The third kappa shape index (κ3) is 3.07. The van der Waals surface area contributed by atoms with E-state index in [0.29, 0.717) is 25.0 Å². The standard InChI is InChI=1S/C13H18O3/c1-9-7-10(2)13(15)11(8-9)12(14)5-4-6-16-3/h7-8,15H,4-6H2,1-3H3. The van der Waals surface area contributed by atoms with Crippen LogP contribution < -0.4 is 0 Å². The van der Waals surface area contributed by atoms with Gasteiger partial charge in [-0.25, -0.2) is 0 Å². The van der Waals surface area contributed by atoms with Gasteiger partial charge < -0.3 is 9.84 Å². The first-order valence-corrected chi connectivity index (χ1v) is 5.38. The first-order valence-electron chi connectivity index (χ1n) is 5.38. The first kappa shape index (κ1) is 12.7. The van der Waals surface area contributed by atoms with E-state index in [1.54, 1.807) is 20.1 Å². The fourth-order valence-corrected chi connectivity index (χ4v) is 1.68. The molecule has 0 amide bonds. The predicted molar refractivity (Wildman–Crippen MR) is 63.0 cm³/mol. The van der Waals surface area contributed by atoms with Crippen LogP contribution in [-0.2, 0) is 4.74 Å². The quantitative estimate of drug-likeness (QED) is 0.615. The van der Waals surface area contributed by atoms with Crippen LogP contribution in [0.3, 0.4) is 0 Å². The molecule has 0 spiro atoms. The minimum absolute atomic E-state index is 0.0265. The van der Waals surface area contributed by atoms with Gasteiger partial charge in [0.15, 0.2) is 5.78 Å². The van der Waals surface area contributed by atoms with Crippen LogP contribution in [0.25, 0.3) is 0 Å². The number of phenolic OH excluding ortho intramolecular Hbond substituents is 1. The maximum atomic E-state index is 11.8. The molecule has 0 aliphatic carbocycles. The van der Waals surface area contributed by atoms with Crippen LogP contribution in [0.2, 0.25) is 0 Å². The Morgan fingerprint density at radius 2 is 2.06 bits per heavy atom. The highest BCUT2D eigenvalue weighted by Gasteiger charge is 2.13. The molecule has 16 heavy (non-hydrogen) atoms. The number of aromatic hydroxyl groups is 1. The van der Waals surface area contributed by atoms with Crippen LogP contribution >= 0.6 is 0 Å². The van der Waals surface area contributed by atoms with Gasteiger partial charge in [-0.05, 0) is 37.5 Å². The van der Waals surface area contributed by atoms with Crippen molar-refractivity contribution in [1.29, 1.82) is 0 Å². The topological polar surface area (TPSA) is 46.5 Å². The van der Waals surface area contributed by atoms with Gasteiger partial charge in [0, 0.05) is 20.1 Å². The molecule has 0 fully saturated rings. The van der Waals surface area contributed by atoms with Crippen molar-refractivity contribution in [3.63, 3.8) is 0 Å². The summed E-state index contributed by atoms with van der Waals surface area (Å²) in [6, 6.07) is 3.60. The zero-order valence-electron chi connectivity index (χ0n) is 10.0. The lowest BCUT2D eigenvalue weighted by Crippen LogP contribution is -2.03. The van der Waals surface area contributed by atoms with Crippen LogP contribution in [0.15, 0.2) is 12.1 Å². The summed E-state index contributed by atoms with van der Waals surface area (Å²) in [6.45, 7) is 4.28. The second-order valence-corrected chi connectivity index (χ2v) is 4.00. The Hall–Kier alpha value is -1.35. The zero-order chi connectivity index (χ0) is 12.1. The second kappa shape index (κ2) is 5.66. The number of rotatable bonds is 5. The van der Waals surface area contributed by atoms with Crippen molar-refractivity contribution in [3.8, 4) is 5.75 Å². The highest BCUT2D eigenvalue weighted by Crippen LogP contribution is 2.25. The number of benzene rings is 1. The molecule has 88 valence electrons. The molecule has 0 aliphatic heterocycles. The molecule has 0 saturated carbocycles. The minimum Gasteiger partial charge on any atom is -0.507 e. The Labute approximate surface area is 96.1 Å². The monoisotopic (exact) mass is 222 g/mol. The molecule has 0 saturated heterocycles. The lowest BCUT2D eigenvalue weighted by molar-refractivity contribution is 0.0960. The van der Waals surface area contributed by atoms with Crippen molar-refractivity contribution in [3.05, 3.63) is 28.8 Å². The van der Waals surface area contributed by atoms with E-state index in [1.807, 2.05) is 13.0 Å². The van der Waals surface area contributed by atoms with Crippen LogP contribution in [0, 0.1) is 13.8 Å². The van der Waals surface area contributed by atoms with E-state index in [0.717, 1.165) is 11.1 Å². The number of phenols is 1. The third-order valence-electron chi connectivity index (χ3n) is 2.50. The number of ether oxygens (including phenoxy) is 1. The van der Waals surface area contributed by atoms with Gasteiger partial charge >= 0.3 is 0 Å². The van der Waals surface area contributed by atoms with Gasteiger partial charge in [0.25, 0.3) is 0 Å². The summed E-state index contributed by atoms with van der Waals surface area (Å²) in [5, 5.41) is 9.80. The van der Waals surface area contributed by atoms with Crippen molar-refractivity contribution in [1.82, 2.24) is 0 Å². The molecule has 1 rings (SSSR count). The number of carbonyl (C=O) groups is 1. The molecule has 3 heteroatoms. The largest absolute Gasteiger partial charge is 0.507 e. The molecule has 3 nitrogen and oxygen atoms in total. The van der Waals surface area contributed by atoms with Gasteiger partial charge in [-0.3, -0.25) is 4.79 Å². The van der Waals surface area contributed by atoms with Gasteiger partial charge in [0.1, 0.15) is 5.75 Å². The summed E-state index contributed by atoms with van der Waals surface area (Å²) in [7, 11) is 1.61. The number of hydrogen-bond acceptors (Lipinski definition) is 3. The molecule has 0 heterocycles. The van der Waals surface area contributed by atoms with Crippen LogP contribution in [-0.4, -0.2) is 24.6 Å². The average Bonchev–Trinajstić information content (AvgIpc) is 2.23. The fourth-order valence-electron chi connectivity index (χ4n) is 1.68. The zero-order valence-corrected chi connectivity index (χ0v) is 10.0. The molecular weight excluding hydrogens is 204 g/mol. The number of carbonyl (C=O) groups excluding carboxylic acids is 1. The molecule has 0 aromatic heterocycles. The highest BCUT2D eigenvalue weighted by atomic mass is 16.5. The Morgan fingerprint density at radius 1 is 1.38 bits per heavy atom. The number of methoxy groups -OCH3 is 1. The number of hydrogen-bond donors (Lipinski definition) is 1. The molecule has 0 radical (unpaired) electrons. The Morgan fingerprint density at radius 3 is 2.69 bits per heavy atom. The van der Waals surface area contributed by atoms with Crippen molar-refractivity contribution >= 4 is 5.78 Å². The Bertz CT molecular complexity index is 383. The molecule has 1 N–H and O–H groups in total. The van der Waals surface area contributed by atoms with Crippen molar-refractivity contribution in [2.75, 3.05) is 13.7 Å². The number of aryl methyl sites for hydroxylation is 2. The highest BCUT2D eigenvalue weighted by molar-refractivity contribution is 5.99. The molecule has 0 atom stereocenters. The maximum Gasteiger partial charge on any atom is 0.166 e. The van der Waals surface area contributed by atoms with Gasteiger partial charge in [-0.15, -0.1) is 0 Å². The summed E-state index contributed by atoms with van der Waals surface area (Å²) >= 11 is 0. The fraction of sp³-hybridized carbons (Fsp3) is 0.462. The minimum atomic E-state index is -0.0265. The van der Waals surface area contributed by atoms with Crippen LogP contribution in [0.5, 0.6) is 5.75 Å². The summed E-state index contributed by atoms with van der Waals surface area (Å²) in [6.07, 6.45) is 1.09. The molecule has 0 unspecified atom stereocenters. The Balaban J connectivity index is 2.82. The summed E-state index contributed by atoms with van der Waals surface area (Å²) in [5.41, 5.74) is 2.16. The SMILES string of the molecule is COCCCC(=O)c1cc(C)cc(C)c1O. The summed E-state index contributed by atoms with van der Waals surface area (Å²) in [5.74, 6) is 0.0781. The normalized spacial score (nSPS) is 10.4. The van der Waals surface area contributed by atoms with Crippen molar-refractivity contribution in [2.45, 2.75) is 26.7 Å². The van der Waals surface area contributed by atoms with E-state index in [2.05, 4.69) is 0 Å².